The second kappa shape index (κ2) is 4.60. The van der Waals surface area contributed by atoms with Crippen LogP contribution in [0.3, 0.4) is 0 Å². The van der Waals surface area contributed by atoms with E-state index in [1.807, 2.05) is 18.2 Å². The summed E-state index contributed by atoms with van der Waals surface area (Å²) in [6.07, 6.45) is 4.16. The lowest BCUT2D eigenvalue weighted by atomic mass is 10.0. The first-order chi connectivity index (χ1) is 7.29. The van der Waals surface area contributed by atoms with Crippen LogP contribution in [0, 0.1) is 0 Å². The molecule has 0 aliphatic carbocycles. The van der Waals surface area contributed by atoms with Crippen molar-refractivity contribution in [2.45, 2.75) is 12.5 Å². The van der Waals surface area contributed by atoms with E-state index in [-0.39, 0.29) is 5.60 Å². The fourth-order valence-electron chi connectivity index (χ4n) is 1.58. The van der Waals surface area contributed by atoms with Crippen molar-refractivity contribution < 1.29 is 4.74 Å². The normalized spacial score (nSPS) is 19.0. The standard InChI is InChI=1S/C13H17NO/c1-13(10-14-11-13)15-9-5-8-12-6-3-2-4-7-12/h2-8,14H,9-11H2,1H3/b8-5+. The molecule has 1 fully saturated rings. The van der Waals surface area contributed by atoms with Crippen molar-refractivity contribution in [3.63, 3.8) is 0 Å². The lowest BCUT2D eigenvalue weighted by Gasteiger charge is -2.38. The Balaban J connectivity index is 1.76. The SMILES string of the molecule is CC1(OC/C=C/c2ccccc2)CNC1. The van der Waals surface area contributed by atoms with Gasteiger partial charge in [0.1, 0.15) is 0 Å². The van der Waals surface area contributed by atoms with Crippen LogP contribution in [0.5, 0.6) is 0 Å². The lowest BCUT2D eigenvalue weighted by molar-refractivity contribution is -0.0533. The summed E-state index contributed by atoms with van der Waals surface area (Å²) in [5, 5.41) is 3.21. The Hall–Kier alpha value is -1.12. The predicted molar refractivity (Wildman–Crippen MR) is 62.7 cm³/mol. The molecule has 2 heteroatoms. The second-order valence-corrected chi connectivity index (χ2v) is 4.18. The van der Waals surface area contributed by atoms with E-state index in [9.17, 15) is 0 Å². The molecule has 0 saturated carbocycles. The Labute approximate surface area is 91.0 Å². The van der Waals surface area contributed by atoms with Crippen LogP contribution in [0.15, 0.2) is 36.4 Å². The molecular weight excluding hydrogens is 186 g/mol. The molecule has 1 saturated heterocycles. The average Bonchev–Trinajstić information content (AvgIpc) is 2.23. The third-order valence-electron chi connectivity index (χ3n) is 2.64. The number of ether oxygens (including phenoxy) is 1. The van der Waals surface area contributed by atoms with E-state index < -0.39 is 0 Å². The van der Waals surface area contributed by atoms with Gasteiger partial charge in [0, 0.05) is 13.1 Å². The summed E-state index contributed by atoms with van der Waals surface area (Å²) >= 11 is 0. The van der Waals surface area contributed by atoms with Crippen LogP contribution in [0.25, 0.3) is 6.08 Å². The molecule has 80 valence electrons. The first-order valence-electron chi connectivity index (χ1n) is 5.35. The number of hydrogen-bond donors (Lipinski definition) is 1. The van der Waals surface area contributed by atoms with Gasteiger partial charge in [0.15, 0.2) is 0 Å². The molecule has 2 rings (SSSR count). The summed E-state index contributed by atoms with van der Waals surface area (Å²) in [5.41, 5.74) is 1.28. The van der Waals surface area contributed by atoms with Crippen molar-refractivity contribution in [2.75, 3.05) is 19.7 Å². The molecule has 0 radical (unpaired) electrons. The van der Waals surface area contributed by atoms with Crippen LogP contribution in [0.2, 0.25) is 0 Å². The number of rotatable bonds is 4. The van der Waals surface area contributed by atoms with E-state index in [2.05, 4.69) is 36.5 Å². The summed E-state index contributed by atoms with van der Waals surface area (Å²) in [5.74, 6) is 0. The number of benzene rings is 1. The van der Waals surface area contributed by atoms with E-state index in [0.717, 1.165) is 13.1 Å². The first kappa shape index (κ1) is 10.4. The van der Waals surface area contributed by atoms with Gasteiger partial charge in [0.25, 0.3) is 0 Å². The van der Waals surface area contributed by atoms with Crippen LogP contribution in [0.1, 0.15) is 12.5 Å². The van der Waals surface area contributed by atoms with Crippen molar-refractivity contribution in [1.29, 1.82) is 0 Å². The molecule has 15 heavy (non-hydrogen) atoms. The Morgan fingerprint density at radius 3 is 2.67 bits per heavy atom. The lowest BCUT2D eigenvalue weighted by Crippen LogP contribution is -2.58. The van der Waals surface area contributed by atoms with Gasteiger partial charge < -0.3 is 10.1 Å². The van der Waals surface area contributed by atoms with Crippen LogP contribution < -0.4 is 5.32 Å². The molecule has 0 amide bonds. The summed E-state index contributed by atoms with van der Waals surface area (Å²) in [4.78, 5) is 0. The number of nitrogens with one attached hydrogen (secondary N) is 1. The van der Waals surface area contributed by atoms with Crippen molar-refractivity contribution >= 4 is 6.08 Å². The first-order valence-corrected chi connectivity index (χ1v) is 5.35. The molecule has 1 heterocycles. The third kappa shape index (κ3) is 2.91. The summed E-state index contributed by atoms with van der Waals surface area (Å²) in [7, 11) is 0. The predicted octanol–water partition coefficient (Wildman–Crippen LogP) is 2.08. The minimum atomic E-state index is 0.0566. The van der Waals surface area contributed by atoms with Gasteiger partial charge in [-0.15, -0.1) is 0 Å². The maximum Gasteiger partial charge on any atom is 0.0906 e. The van der Waals surface area contributed by atoms with E-state index in [1.165, 1.54) is 5.56 Å². The van der Waals surface area contributed by atoms with Crippen LogP contribution in [-0.2, 0) is 4.74 Å². The molecule has 1 aliphatic heterocycles. The smallest absolute Gasteiger partial charge is 0.0906 e. The molecular formula is C13H17NO. The van der Waals surface area contributed by atoms with E-state index in [0.29, 0.717) is 6.61 Å². The van der Waals surface area contributed by atoms with Crippen LogP contribution in [0.4, 0.5) is 0 Å². The molecule has 0 aromatic heterocycles. The van der Waals surface area contributed by atoms with Gasteiger partial charge in [-0.25, -0.2) is 0 Å². The molecule has 0 bridgehead atoms. The van der Waals surface area contributed by atoms with E-state index in [4.69, 9.17) is 4.74 Å². The maximum atomic E-state index is 5.74. The minimum absolute atomic E-state index is 0.0566. The zero-order valence-corrected chi connectivity index (χ0v) is 9.07. The highest BCUT2D eigenvalue weighted by Crippen LogP contribution is 2.14. The maximum absolute atomic E-state index is 5.74. The summed E-state index contributed by atoms with van der Waals surface area (Å²) in [6, 6.07) is 10.3. The van der Waals surface area contributed by atoms with E-state index in [1.54, 1.807) is 0 Å². The van der Waals surface area contributed by atoms with Crippen molar-refractivity contribution in [1.82, 2.24) is 5.32 Å². The van der Waals surface area contributed by atoms with Gasteiger partial charge >= 0.3 is 0 Å². The van der Waals surface area contributed by atoms with Gasteiger partial charge in [0.05, 0.1) is 12.2 Å². The van der Waals surface area contributed by atoms with Gasteiger partial charge in [-0.2, -0.15) is 0 Å². The molecule has 0 spiro atoms. The average molecular weight is 203 g/mol. The molecule has 1 aliphatic rings. The Morgan fingerprint density at radius 1 is 1.33 bits per heavy atom. The zero-order valence-electron chi connectivity index (χ0n) is 9.07. The minimum Gasteiger partial charge on any atom is -0.369 e. The fraction of sp³-hybridized carbons (Fsp3) is 0.385. The van der Waals surface area contributed by atoms with Crippen molar-refractivity contribution in [3.05, 3.63) is 42.0 Å². The third-order valence-corrected chi connectivity index (χ3v) is 2.64. The van der Waals surface area contributed by atoms with Crippen molar-refractivity contribution in [3.8, 4) is 0 Å². The Morgan fingerprint density at radius 2 is 2.07 bits per heavy atom. The highest BCUT2D eigenvalue weighted by atomic mass is 16.5. The van der Waals surface area contributed by atoms with E-state index >= 15 is 0 Å². The van der Waals surface area contributed by atoms with Crippen molar-refractivity contribution in [2.24, 2.45) is 0 Å². The molecule has 1 N–H and O–H groups in total. The molecule has 2 nitrogen and oxygen atoms in total. The highest BCUT2D eigenvalue weighted by molar-refractivity contribution is 5.48. The topological polar surface area (TPSA) is 21.3 Å². The zero-order chi connectivity index (χ0) is 10.6. The molecule has 0 atom stereocenters. The van der Waals surface area contributed by atoms with Gasteiger partial charge in [-0.1, -0.05) is 42.5 Å². The van der Waals surface area contributed by atoms with Gasteiger partial charge in [-0.05, 0) is 12.5 Å². The molecule has 0 unspecified atom stereocenters. The van der Waals surface area contributed by atoms with Crippen LogP contribution >= 0.6 is 0 Å². The molecule has 1 aromatic rings. The monoisotopic (exact) mass is 203 g/mol. The highest BCUT2D eigenvalue weighted by Gasteiger charge is 2.31. The largest absolute Gasteiger partial charge is 0.369 e. The van der Waals surface area contributed by atoms with Gasteiger partial charge in [-0.3, -0.25) is 0 Å². The fourth-order valence-corrected chi connectivity index (χ4v) is 1.58. The summed E-state index contributed by atoms with van der Waals surface area (Å²) in [6.45, 7) is 4.76. The summed E-state index contributed by atoms with van der Waals surface area (Å²) < 4.78 is 5.74. The quantitative estimate of drug-likeness (QED) is 0.809. The number of hydrogen-bond acceptors (Lipinski definition) is 2. The van der Waals surface area contributed by atoms with Gasteiger partial charge in [0.2, 0.25) is 0 Å². The second-order valence-electron chi connectivity index (χ2n) is 4.18. The van der Waals surface area contributed by atoms with Crippen LogP contribution in [-0.4, -0.2) is 25.3 Å². The molecule has 1 aromatic carbocycles. The Bertz CT molecular complexity index is 328. The Kier molecular flexibility index (Phi) is 3.19.